The number of rotatable bonds is 6. The number of hydrogen-bond acceptors (Lipinski definition) is 2. The van der Waals surface area contributed by atoms with Gasteiger partial charge in [0.2, 0.25) is 0 Å². The molecule has 5 heteroatoms. The molecule has 0 aliphatic heterocycles. The van der Waals surface area contributed by atoms with Gasteiger partial charge in [-0.25, -0.2) is 0 Å². The summed E-state index contributed by atoms with van der Waals surface area (Å²) >= 11 is 0. The molecule has 0 spiro atoms. The molecule has 0 saturated carbocycles. The SMILES string of the molecule is Cc1ccc(CN=Cc2ccc[nH]2)cc1.Cc1ccc(CN=Cc2ccc[nH]2)cc1.[Cu]. The van der Waals surface area contributed by atoms with Crippen LogP contribution >= 0.6 is 0 Å². The zero-order valence-corrected chi connectivity index (χ0v) is 18.8. The zero-order chi connectivity index (χ0) is 21.0. The molecule has 4 nitrogen and oxygen atoms in total. The summed E-state index contributed by atoms with van der Waals surface area (Å²) in [6.45, 7) is 5.65. The summed E-state index contributed by atoms with van der Waals surface area (Å²) in [7, 11) is 0. The Morgan fingerprint density at radius 1 is 0.613 bits per heavy atom. The van der Waals surface area contributed by atoms with Gasteiger partial charge in [-0.05, 0) is 49.2 Å². The largest absolute Gasteiger partial charge is 0.360 e. The predicted molar refractivity (Wildman–Crippen MR) is 127 cm³/mol. The Hall–Kier alpha value is -3.14. The van der Waals surface area contributed by atoms with Crippen molar-refractivity contribution in [3.8, 4) is 0 Å². The van der Waals surface area contributed by atoms with E-state index >= 15 is 0 Å². The van der Waals surface area contributed by atoms with E-state index in [0.29, 0.717) is 0 Å². The number of H-pyrrole nitrogens is 2. The maximum Gasteiger partial charge on any atom is 0.0640 e. The Balaban J connectivity index is 0.000000213. The first kappa shape index (κ1) is 24.1. The molecule has 0 fully saturated rings. The van der Waals surface area contributed by atoms with E-state index in [2.05, 4.69) is 82.3 Å². The number of nitrogens with one attached hydrogen (secondary N) is 2. The van der Waals surface area contributed by atoms with Crippen molar-refractivity contribution in [1.29, 1.82) is 0 Å². The average molecular weight is 460 g/mol. The Kier molecular flexibility index (Phi) is 10.3. The first-order chi connectivity index (χ1) is 14.7. The molecule has 0 atom stereocenters. The Morgan fingerprint density at radius 3 is 1.32 bits per heavy atom. The maximum absolute atomic E-state index is 4.36. The molecule has 4 rings (SSSR count). The molecule has 4 aromatic rings. The van der Waals surface area contributed by atoms with Gasteiger partial charge in [-0.15, -0.1) is 0 Å². The molecule has 0 aliphatic rings. The molecule has 163 valence electrons. The minimum atomic E-state index is 0. The molecular formula is C26H28CuN4. The second-order valence-corrected chi connectivity index (χ2v) is 7.16. The summed E-state index contributed by atoms with van der Waals surface area (Å²) in [6, 6.07) is 24.8. The van der Waals surface area contributed by atoms with Crippen LogP contribution in [0.1, 0.15) is 33.6 Å². The molecule has 2 aromatic heterocycles. The third kappa shape index (κ3) is 9.04. The van der Waals surface area contributed by atoms with Crippen molar-refractivity contribution in [2.45, 2.75) is 26.9 Å². The van der Waals surface area contributed by atoms with Crippen molar-refractivity contribution in [2.24, 2.45) is 9.98 Å². The quantitative estimate of drug-likeness (QED) is 0.267. The summed E-state index contributed by atoms with van der Waals surface area (Å²) in [5.74, 6) is 0. The Morgan fingerprint density at radius 2 is 1.00 bits per heavy atom. The van der Waals surface area contributed by atoms with Crippen LogP contribution in [0.4, 0.5) is 0 Å². The van der Waals surface area contributed by atoms with Crippen molar-refractivity contribution in [2.75, 3.05) is 0 Å². The molecule has 0 saturated heterocycles. The molecule has 2 N–H and O–H groups in total. The van der Waals surface area contributed by atoms with Gasteiger partial charge in [0, 0.05) is 41.9 Å². The van der Waals surface area contributed by atoms with E-state index in [1.165, 1.54) is 22.3 Å². The van der Waals surface area contributed by atoms with Gasteiger partial charge in [0.1, 0.15) is 0 Å². The molecule has 31 heavy (non-hydrogen) atoms. The van der Waals surface area contributed by atoms with Crippen LogP contribution in [0.3, 0.4) is 0 Å². The van der Waals surface area contributed by atoms with E-state index in [1.54, 1.807) is 0 Å². The van der Waals surface area contributed by atoms with Crippen LogP contribution in [-0.2, 0) is 30.2 Å². The van der Waals surface area contributed by atoms with Gasteiger partial charge in [-0.1, -0.05) is 59.7 Å². The first-order valence-electron chi connectivity index (χ1n) is 10.1. The summed E-state index contributed by atoms with van der Waals surface area (Å²) < 4.78 is 0. The molecule has 1 radical (unpaired) electrons. The van der Waals surface area contributed by atoms with E-state index in [9.17, 15) is 0 Å². The van der Waals surface area contributed by atoms with Gasteiger partial charge in [-0.2, -0.15) is 0 Å². The third-order valence-electron chi connectivity index (χ3n) is 4.49. The summed E-state index contributed by atoms with van der Waals surface area (Å²) in [5.41, 5.74) is 7.13. The smallest absolute Gasteiger partial charge is 0.0640 e. The molecule has 0 bridgehead atoms. The fourth-order valence-electron chi connectivity index (χ4n) is 2.73. The van der Waals surface area contributed by atoms with Crippen LogP contribution < -0.4 is 0 Å². The number of aromatic amines is 2. The van der Waals surface area contributed by atoms with E-state index in [0.717, 1.165) is 24.5 Å². The molecule has 0 amide bonds. The monoisotopic (exact) mass is 459 g/mol. The van der Waals surface area contributed by atoms with Gasteiger partial charge >= 0.3 is 0 Å². The van der Waals surface area contributed by atoms with Gasteiger partial charge in [0.15, 0.2) is 0 Å². The van der Waals surface area contributed by atoms with Gasteiger partial charge in [-0.3, -0.25) is 9.98 Å². The standard InChI is InChI=1S/2C13H14N2.Cu/c2*1-11-4-6-12(7-5-11)9-14-10-13-3-2-8-15-13;/h2*2-8,10,15H,9H2,1H3;. The minimum absolute atomic E-state index is 0. The number of aliphatic imine (C=N–C) groups is 2. The zero-order valence-electron chi connectivity index (χ0n) is 17.8. The van der Waals surface area contributed by atoms with Crippen LogP contribution in [0.2, 0.25) is 0 Å². The van der Waals surface area contributed by atoms with Crippen molar-refractivity contribution in [3.63, 3.8) is 0 Å². The Bertz CT molecular complexity index is 942. The average Bonchev–Trinajstić information content (AvgIpc) is 3.46. The molecule has 0 unspecified atom stereocenters. The summed E-state index contributed by atoms with van der Waals surface area (Å²) in [5, 5.41) is 0. The number of aromatic nitrogens is 2. The maximum atomic E-state index is 4.36. The fourth-order valence-corrected chi connectivity index (χ4v) is 2.73. The second kappa shape index (κ2) is 13.2. The Labute approximate surface area is 195 Å². The van der Waals surface area contributed by atoms with E-state index < -0.39 is 0 Å². The van der Waals surface area contributed by atoms with Gasteiger partial charge in [0.05, 0.1) is 24.5 Å². The van der Waals surface area contributed by atoms with Gasteiger partial charge < -0.3 is 9.97 Å². The van der Waals surface area contributed by atoms with Crippen molar-refractivity contribution in [3.05, 3.63) is 119 Å². The molecular weight excluding hydrogens is 432 g/mol. The van der Waals surface area contributed by atoms with Crippen LogP contribution in [0, 0.1) is 13.8 Å². The van der Waals surface area contributed by atoms with E-state index in [4.69, 9.17) is 0 Å². The fraction of sp³-hybridized carbons (Fsp3) is 0.154. The number of nitrogens with zero attached hydrogens (tertiary/aromatic N) is 2. The van der Waals surface area contributed by atoms with Crippen LogP contribution in [0.5, 0.6) is 0 Å². The second-order valence-electron chi connectivity index (χ2n) is 7.16. The van der Waals surface area contributed by atoms with E-state index in [1.807, 2.05) is 49.1 Å². The summed E-state index contributed by atoms with van der Waals surface area (Å²) in [6.07, 6.45) is 7.51. The van der Waals surface area contributed by atoms with Crippen LogP contribution in [0.25, 0.3) is 0 Å². The molecule has 2 heterocycles. The van der Waals surface area contributed by atoms with Crippen molar-refractivity contribution in [1.82, 2.24) is 9.97 Å². The first-order valence-corrected chi connectivity index (χ1v) is 10.1. The normalized spacial score (nSPS) is 10.6. The number of aryl methyl sites for hydroxylation is 2. The van der Waals surface area contributed by atoms with Crippen LogP contribution in [-0.4, -0.2) is 22.4 Å². The topological polar surface area (TPSA) is 56.3 Å². The van der Waals surface area contributed by atoms with Gasteiger partial charge in [0.25, 0.3) is 0 Å². The van der Waals surface area contributed by atoms with Crippen molar-refractivity contribution >= 4 is 12.4 Å². The van der Waals surface area contributed by atoms with Crippen LogP contribution in [0.15, 0.2) is 95.2 Å². The molecule has 0 aliphatic carbocycles. The van der Waals surface area contributed by atoms with Crippen molar-refractivity contribution < 1.29 is 17.1 Å². The predicted octanol–water partition coefficient (Wildman–Crippen LogP) is 5.88. The minimum Gasteiger partial charge on any atom is -0.360 e. The number of hydrogen-bond donors (Lipinski definition) is 2. The third-order valence-corrected chi connectivity index (χ3v) is 4.49. The summed E-state index contributed by atoms with van der Waals surface area (Å²) in [4.78, 5) is 14.9. The number of benzene rings is 2. The molecule has 2 aromatic carbocycles. The van der Waals surface area contributed by atoms with E-state index in [-0.39, 0.29) is 17.1 Å².